The third-order valence-electron chi connectivity index (χ3n) is 15.4. The molecule has 2 aromatic heterocycles. The lowest BCUT2D eigenvalue weighted by Gasteiger charge is -2.29. The lowest BCUT2D eigenvalue weighted by Crippen LogP contribution is -2.11. The Bertz CT molecular complexity index is 4640. The summed E-state index contributed by atoms with van der Waals surface area (Å²) in [7, 11) is 0. The van der Waals surface area contributed by atoms with Gasteiger partial charge in [-0.15, -0.1) is 0 Å². The fourth-order valence-electron chi connectivity index (χ4n) is 11.8. The van der Waals surface area contributed by atoms with Crippen molar-refractivity contribution in [3.63, 3.8) is 0 Å². The predicted octanol–water partition coefficient (Wildman–Crippen LogP) is 20.3. The summed E-state index contributed by atoms with van der Waals surface area (Å²) in [5.41, 5.74) is 17.8. The van der Waals surface area contributed by atoms with Gasteiger partial charge in [0.15, 0.2) is 0 Å². The van der Waals surface area contributed by atoms with Gasteiger partial charge in [0, 0.05) is 49.6 Å². The fraction of sp³-hybridized carbons (Fsp3) is 0. The first-order valence-electron chi connectivity index (χ1n) is 25.7. The van der Waals surface area contributed by atoms with Crippen LogP contribution >= 0.6 is 0 Å². The van der Waals surface area contributed by atoms with Crippen LogP contribution in [0.4, 0.5) is 17.1 Å². The molecule has 0 amide bonds. The van der Waals surface area contributed by atoms with Gasteiger partial charge in [0.2, 0.25) is 0 Å². The molecule has 2 heterocycles. The van der Waals surface area contributed by atoms with E-state index in [1.54, 1.807) is 0 Å². The standard InChI is InChI=1S/C72H46N2O/c1-2-15-49(16-3-1)66-46-54(65-45-53-18-5-6-21-58(53)60-23-8-9-24-61(60)65)34-41-70(66)73(56-38-31-48(32-39-56)52-35-42-71-67(44-52)64-40-33-50-17-4-7-22-59(50)72(64)75-71)55-36-29-47(30-37-55)51-19-14-20-57(43-51)74-68-27-12-10-25-62(68)63-26-11-13-28-69(63)74/h1-46H. The zero-order valence-electron chi connectivity index (χ0n) is 40.9. The van der Waals surface area contributed by atoms with E-state index in [0.29, 0.717) is 0 Å². The van der Waals surface area contributed by atoms with Gasteiger partial charge in [0.25, 0.3) is 0 Å². The van der Waals surface area contributed by atoms with Gasteiger partial charge in [-0.3, -0.25) is 0 Å². The molecule has 75 heavy (non-hydrogen) atoms. The van der Waals surface area contributed by atoms with Gasteiger partial charge in [0.1, 0.15) is 11.2 Å². The number of aromatic nitrogens is 1. The van der Waals surface area contributed by atoms with Gasteiger partial charge >= 0.3 is 0 Å². The van der Waals surface area contributed by atoms with Crippen LogP contribution in [0.1, 0.15) is 0 Å². The second kappa shape index (κ2) is 17.4. The molecule has 3 heteroatoms. The summed E-state index contributed by atoms with van der Waals surface area (Å²) in [6.45, 7) is 0. The molecule has 0 saturated carbocycles. The van der Waals surface area contributed by atoms with Gasteiger partial charge in [-0.25, -0.2) is 0 Å². The Hall–Kier alpha value is -9.96. The molecule has 0 unspecified atom stereocenters. The van der Waals surface area contributed by atoms with Gasteiger partial charge in [0.05, 0.1) is 16.7 Å². The van der Waals surface area contributed by atoms with E-state index in [-0.39, 0.29) is 0 Å². The maximum Gasteiger partial charge on any atom is 0.143 e. The summed E-state index contributed by atoms with van der Waals surface area (Å²) in [5.74, 6) is 0. The molecule has 0 N–H and O–H groups in total. The molecule has 0 aliphatic heterocycles. The molecule has 15 rings (SSSR count). The highest BCUT2D eigenvalue weighted by molar-refractivity contribution is 6.16. The first-order valence-corrected chi connectivity index (χ1v) is 25.7. The van der Waals surface area contributed by atoms with E-state index in [1.165, 1.54) is 59.9 Å². The van der Waals surface area contributed by atoms with E-state index in [4.69, 9.17) is 4.42 Å². The minimum atomic E-state index is 0.892. The number of benzene rings is 13. The van der Waals surface area contributed by atoms with Crippen molar-refractivity contribution in [1.29, 1.82) is 0 Å². The zero-order chi connectivity index (χ0) is 49.4. The number of nitrogens with zero attached hydrogens (tertiary/aromatic N) is 2. The summed E-state index contributed by atoms with van der Waals surface area (Å²) in [4.78, 5) is 2.42. The number of rotatable bonds is 8. The Labute approximate surface area is 434 Å². The van der Waals surface area contributed by atoms with Crippen LogP contribution in [-0.2, 0) is 0 Å². The summed E-state index contributed by atoms with van der Waals surface area (Å²) >= 11 is 0. The highest BCUT2D eigenvalue weighted by Crippen LogP contribution is 2.46. The van der Waals surface area contributed by atoms with Crippen LogP contribution in [0.15, 0.2) is 283 Å². The number of anilines is 3. The quantitative estimate of drug-likeness (QED) is 0.142. The van der Waals surface area contributed by atoms with E-state index in [9.17, 15) is 0 Å². The zero-order valence-corrected chi connectivity index (χ0v) is 40.9. The number of hydrogen-bond donors (Lipinski definition) is 0. The van der Waals surface area contributed by atoms with E-state index < -0.39 is 0 Å². The average molecular weight is 955 g/mol. The number of para-hydroxylation sites is 2. The molecule has 0 aliphatic carbocycles. The molecule has 0 fully saturated rings. The Morgan fingerprint density at radius 3 is 1.56 bits per heavy atom. The van der Waals surface area contributed by atoms with E-state index in [0.717, 1.165) is 83.5 Å². The number of fused-ring (bicyclic) bond motifs is 11. The highest BCUT2D eigenvalue weighted by Gasteiger charge is 2.21. The third-order valence-corrected chi connectivity index (χ3v) is 15.4. The topological polar surface area (TPSA) is 21.3 Å². The minimum Gasteiger partial charge on any atom is -0.455 e. The van der Waals surface area contributed by atoms with Gasteiger partial charge in [-0.05, 0) is 151 Å². The monoisotopic (exact) mass is 954 g/mol. The first kappa shape index (κ1) is 42.7. The smallest absolute Gasteiger partial charge is 0.143 e. The molecule has 0 radical (unpaired) electrons. The van der Waals surface area contributed by atoms with E-state index in [1.807, 2.05) is 0 Å². The van der Waals surface area contributed by atoms with Crippen molar-refractivity contribution in [2.24, 2.45) is 0 Å². The van der Waals surface area contributed by atoms with Crippen molar-refractivity contribution >= 4 is 93.1 Å². The average Bonchev–Trinajstić information content (AvgIpc) is 4.04. The lowest BCUT2D eigenvalue weighted by atomic mass is 9.91. The summed E-state index contributed by atoms with van der Waals surface area (Å²) in [6, 6.07) is 102. The molecule has 13 aromatic carbocycles. The molecule has 3 nitrogen and oxygen atoms in total. The molecule has 15 aromatic rings. The van der Waals surface area contributed by atoms with Gasteiger partial charge in [-0.1, -0.05) is 194 Å². The van der Waals surface area contributed by atoms with Crippen molar-refractivity contribution in [2.45, 2.75) is 0 Å². The Morgan fingerprint density at radius 1 is 0.280 bits per heavy atom. The fourth-order valence-corrected chi connectivity index (χ4v) is 11.8. The number of furan rings is 1. The van der Waals surface area contributed by atoms with Crippen LogP contribution < -0.4 is 4.90 Å². The normalized spacial score (nSPS) is 11.7. The summed E-state index contributed by atoms with van der Waals surface area (Å²) in [6.07, 6.45) is 0. The Balaban J connectivity index is 0.872. The van der Waals surface area contributed by atoms with Crippen molar-refractivity contribution in [3.8, 4) is 50.2 Å². The number of hydrogen-bond acceptors (Lipinski definition) is 2. The molecule has 0 bridgehead atoms. The summed E-state index contributed by atoms with van der Waals surface area (Å²) < 4.78 is 8.90. The molecule has 0 aliphatic rings. The maximum absolute atomic E-state index is 6.51. The highest BCUT2D eigenvalue weighted by atomic mass is 16.3. The summed E-state index contributed by atoms with van der Waals surface area (Å²) in [5, 5.41) is 12.1. The maximum atomic E-state index is 6.51. The minimum absolute atomic E-state index is 0.892. The van der Waals surface area contributed by atoms with Gasteiger partial charge < -0.3 is 13.9 Å². The van der Waals surface area contributed by atoms with Gasteiger partial charge in [-0.2, -0.15) is 0 Å². The van der Waals surface area contributed by atoms with Crippen LogP contribution in [0.3, 0.4) is 0 Å². The van der Waals surface area contributed by atoms with Crippen molar-refractivity contribution in [1.82, 2.24) is 4.57 Å². The van der Waals surface area contributed by atoms with Crippen molar-refractivity contribution < 1.29 is 4.42 Å². The first-order chi connectivity index (χ1) is 37.2. The predicted molar refractivity (Wildman–Crippen MR) is 317 cm³/mol. The molecule has 0 saturated heterocycles. The second-order valence-electron chi connectivity index (χ2n) is 19.6. The van der Waals surface area contributed by atoms with Crippen LogP contribution in [-0.4, -0.2) is 4.57 Å². The van der Waals surface area contributed by atoms with Crippen molar-refractivity contribution in [2.75, 3.05) is 4.90 Å². The van der Waals surface area contributed by atoms with Crippen LogP contribution in [0, 0.1) is 0 Å². The lowest BCUT2D eigenvalue weighted by molar-refractivity contribution is 0.672. The van der Waals surface area contributed by atoms with E-state index >= 15 is 0 Å². The Morgan fingerprint density at radius 2 is 0.840 bits per heavy atom. The van der Waals surface area contributed by atoms with Crippen LogP contribution in [0.25, 0.3) is 126 Å². The Kier molecular flexibility index (Phi) is 9.89. The second-order valence-corrected chi connectivity index (χ2v) is 19.6. The van der Waals surface area contributed by atoms with Crippen LogP contribution in [0.2, 0.25) is 0 Å². The van der Waals surface area contributed by atoms with Crippen molar-refractivity contribution in [3.05, 3.63) is 279 Å². The van der Waals surface area contributed by atoms with E-state index in [2.05, 4.69) is 289 Å². The molecular formula is C72H46N2O. The molecular weight excluding hydrogens is 909 g/mol. The van der Waals surface area contributed by atoms with Crippen LogP contribution in [0.5, 0.6) is 0 Å². The molecule has 0 spiro atoms. The molecule has 350 valence electrons. The molecule has 0 atom stereocenters. The largest absolute Gasteiger partial charge is 0.455 e. The SMILES string of the molecule is c1ccc(-c2cc(-c3cc4ccccc4c4ccccc34)ccc2N(c2ccc(-c3cccc(-n4c5ccccc5c5ccccc54)c3)cc2)c2ccc(-c3ccc4oc5c6ccccc6ccc5c4c3)cc2)cc1. The third kappa shape index (κ3) is 7.12.